The molecule has 0 aliphatic rings. The SMILES string of the molecule is CCCCc1ccc(-n2[nH]nnc2=S)cc1. The first kappa shape index (κ1) is 11.0. The molecule has 1 aromatic carbocycles. The smallest absolute Gasteiger partial charge is 0.210 e. The Morgan fingerprint density at radius 3 is 2.62 bits per heavy atom. The molecule has 1 aromatic heterocycles. The van der Waals surface area contributed by atoms with Gasteiger partial charge in [0.25, 0.3) is 0 Å². The number of benzene rings is 1. The summed E-state index contributed by atoms with van der Waals surface area (Å²) in [4.78, 5) is 0. The van der Waals surface area contributed by atoms with E-state index in [4.69, 9.17) is 12.2 Å². The predicted octanol–water partition coefficient (Wildman–Crippen LogP) is 2.67. The van der Waals surface area contributed by atoms with Crippen LogP contribution in [0.4, 0.5) is 0 Å². The lowest BCUT2D eigenvalue weighted by Gasteiger charge is -2.03. The molecule has 0 bridgehead atoms. The van der Waals surface area contributed by atoms with Crippen LogP contribution in [-0.4, -0.2) is 20.2 Å². The highest BCUT2D eigenvalue weighted by Gasteiger charge is 1.99. The minimum absolute atomic E-state index is 0.446. The van der Waals surface area contributed by atoms with E-state index in [0.29, 0.717) is 4.77 Å². The fourth-order valence-corrected chi connectivity index (χ4v) is 1.75. The van der Waals surface area contributed by atoms with Crippen LogP contribution in [-0.2, 0) is 6.42 Å². The molecule has 1 heterocycles. The Hall–Kier alpha value is -1.49. The Bertz CT molecular complexity index is 497. The summed E-state index contributed by atoms with van der Waals surface area (Å²) in [6, 6.07) is 8.29. The molecule has 16 heavy (non-hydrogen) atoms. The molecule has 0 aliphatic carbocycles. The summed E-state index contributed by atoms with van der Waals surface area (Å²) in [5.41, 5.74) is 2.32. The van der Waals surface area contributed by atoms with Gasteiger partial charge in [-0.25, -0.2) is 4.68 Å². The normalized spacial score (nSPS) is 10.6. The lowest BCUT2D eigenvalue weighted by atomic mass is 10.1. The third kappa shape index (κ3) is 2.36. The van der Waals surface area contributed by atoms with Crippen molar-refractivity contribution >= 4 is 12.2 Å². The molecule has 0 amide bonds. The van der Waals surface area contributed by atoms with Crippen LogP contribution in [0.15, 0.2) is 24.3 Å². The number of tetrazole rings is 1. The molecular formula is C11H14N4S. The van der Waals surface area contributed by atoms with Crippen molar-refractivity contribution in [3.63, 3.8) is 0 Å². The number of H-pyrrole nitrogens is 1. The predicted molar refractivity (Wildman–Crippen MR) is 65.2 cm³/mol. The van der Waals surface area contributed by atoms with Gasteiger partial charge in [0, 0.05) is 0 Å². The van der Waals surface area contributed by atoms with E-state index in [-0.39, 0.29) is 0 Å². The number of nitrogens with one attached hydrogen (secondary N) is 1. The fraction of sp³-hybridized carbons (Fsp3) is 0.364. The maximum Gasteiger partial charge on any atom is 0.242 e. The lowest BCUT2D eigenvalue weighted by Crippen LogP contribution is -1.97. The third-order valence-electron chi connectivity index (χ3n) is 2.49. The van der Waals surface area contributed by atoms with E-state index in [1.165, 1.54) is 18.4 Å². The molecule has 0 spiro atoms. The molecule has 0 atom stereocenters. The standard InChI is InChI=1S/C11H14N4S/c1-2-3-4-9-5-7-10(8-6-9)15-11(16)12-13-14-15/h5-8H,2-4H2,1H3,(H,12,14,16). The van der Waals surface area contributed by atoms with E-state index in [9.17, 15) is 0 Å². The van der Waals surface area contributed by atoms with Crippen molar-refractivity contribution in [2.75, 3.05) is 0 Å². The quantitative estimate of drug-likeness (QED) is 0.827. The zero-order chi connectivity index (χ0) is 11.4. The van der Waals surface area contributed by atoms with Crippen molar-refractivity contribution in [3.8, 4) is 5.69 Å². The fourth-order valence-electron chi connectivity index (χ4n) is 1.56. The number of rotatable bonds is 4. The van der Waals surface area contributed by atoms with E-state index >= 15 is 0 Å². The zero-order valence-corrected chi connectivity index (χ0v) is 10.00. The van der Waals surface area contributed by atoms with E-state index in [0.717, 1.165) is 12.1 Å². The van der Waals surface area contributed by atoms with Crippen LogP contribution >= 0.6 is 12.2 Å². The Labute approximate surface area is 99.3 Å². The van der Waals surface area contributed by atoms with Crippen molar-refractivity contribution in [3.05, 3.63) is 34.6 Å². The molecule has 4 nitrogen and oxygen atoms in total. The van der Waals surface area contributed by atoms with Gasteiger partial charge in [0.15, 0.2) is 0 Å². The van der Waals surface area contributed by atoms with Crippen LogP contribution in [0.2, 0.25) is 0 Å². The third-order valence-corrected chi connectivity index (χ3v) is 2.75. The average molecular weight is 234 g/mol. The highest BCUT2D eigenvalue weighted by Crippen LogP contribution is 2.10. The molecule has 2 aromatic rings. The van der Waals surface area contributed by atoms with Crippen molar-refractivity contribution in [2.45, 2.75) is 26.2 Å². The number of aromatic nitrogens is 4. The van der Waals surface area contributed by atoms with Gasteiger partial charge >= 0.3 is 0 Å². The lowest BCUT2D eigenvalue weighted by molar-refractivity contribution is 0.780. The monoisotopic (exact) mass is 234 g/mol. The average Bonchev–Trinajstić information content (AvgIpc) is 2.74. The molecule has 0 aliphatic heterocycles. The van der Waals surface area contributed by atoms with Gasteiger partial charge in [-0.05, 0) is 42.8 Å². The van der Waals surface area contributed by atoms with Crippen LogP contribution < -0.4 is 0 Å². The molecule has 0 saturated heterocycles. The van der Waals surface area contributed by atoms with Crippen molar-refractivity contribution in [2.24, 2.45) is 0 Å². The molecule has 1 N–H and O–H groups in total. The summed E-state index contributed by atoms with van der Waals surface area (Å²) in [6.45, 7) is 2.20. The van der Waals surface area contributed by atoms with Crippen molar-refractivity contribution in [1.29, 1.82) is 0 Å². The molecular weight excluding hydrogens is 220 g/mol. The van der Waals surface area contributed by atoms with Crippen LogP contribution in [0.3, 0.4) is 0 Å². The van der Waals surface area contributed by atoms with Gasteiger partial charge in [-0.15, -0.1) is 0 Å². The van der Waals surface area contributed by atoms with Gasteiger partial charge in [0.2, 0.25) is 4.77 Å². The number of hydrogen-bond donors (Lipinski definition) is 1. The summed E-state index contributed by atoms with van der Waals surface area (Å²) >= 11 is 5.03. The largest absolute Gasteiger partial charge is 0.242 e. The van der Waals surface area contributed by atoms with Crippen LogP contribution in [0, 0.1) is 4.77 Å². The first-order valence-electron chi connectivity index (χ1n) is 5.40. The van der Waals surface area contributed by atoms with Gasteiger partial charge in [-0.2, -0.15) is 5.21 Å². The Morgan fingerprint density at radius 2 is 2.06 bits per heavy atom. The summed E-state index contributed by atoms with van der Waals surface area (Å²) in [6.07, 6.45) is 3.57. The number of nitrogens with zero attached hydrogens (tertiary/aromatic N) is 3. The van der Waals surface area contributed by atoms with E-state index in [2.05, 4.69) is 34.6 Å². The summed E-state index contributed by atoms with van der Waals surface area (Å²) in [7, 11) is 0. The van der Waals surface area contributed by atoms with Gasteiger partial charge in [0.05, 0.1) is 5.69 Å². The highest BCUT2D eigenvalue weighted by atomic mass is 32.1. The summed E-state index contributed by atoms with van der Waals surface area (Å²) in [5.74, 6) is 0. The van der Waals surface area contributed by atoms with Gasteiger partial charge in [-0.3, -0.25) is 0 Å². The topological polar surface area (TPSA) is 46.5 Å². The number of aromatic amines is 1. The van der Waals surface area contributed by atoms with Crippen molar-refractivity contribution in [1.82, 2.24) is 20.2 Å². The Balaban J connectivity index is 2.20. The molecule has 2 rings (SSSR count). The second-order valence-corrected chi connectivity index (χ2v) is 4.05. The first-order valence-corrected chi connectivity index (χ1v) is 5.81. The van der Waals surface area contributed by atoms with Gasteiger partial charge < -0.3 is 0 Å². The second-order valence-electron chi connectivity index (χ2n) is 3.69. The molecule has 0 fully saturated rings. The number of aryl methyl sites for hydroxylation is 1. The Morgan fingerprint density at radius 1 is 1.31 bits per heavy atom. The molecule has 0 saturated carbocycles. The van der Waals surface area contributed by atoms with Crippen LogP contribution in [0.5, 0.6) is 0 Å². The summed E-state index contributed by atoms with van der Waals surface area (Å²) < 4.78 is 2.13. The van der Waals surface area contributed by atoms with E-state index in [1.807, 2.05) is 12.1 Å². The zero-order valence-electron chi connectivity index (χ0n) is 9.18. The van der Waals surface area contributed by atoms with Crippen LogP contribution in [0.1, 0.15) is 25.3 Å². The molecule has 0 unspecified atom stereocenters. The minimum atomic E-state index is 0.446. The maximum atomic E-state index is 5.03. The number of hydrogen-bond acceptors (Lipinski definition) is 3. The number of unbranched alkanes of at least 4 members (excludes halogenated alkanes) is 1. The van der Waals surface area contributed by atoms with E-state index in [1.54, 1.807) is 4.68 Å². The highest BCUT2D eigenvalue weighted by molar-refractivity contribution is 7.71. The van der Waals surface area contributed by atoms with Gasteiger partial charge in [-0.1, -0.05) is 35.8 Å². The van der Waals surface area contributed by atoms with Crippen molar-refractivity contribution < 1.29 is 0 Å². The molecule has 5 heteroatoms. The summed E-state index contributed by atoms with van der Waals surface area (Å²) in [5, 5.41) is 10.1. The van der Waals surface area contributed by atoms with Crippen LogP contribution in [0.25, 0.3) is 5.69 Å². The van der Waals surface area contributed by atoms with E-state index < -0.39 is 0 Å². The molecule has 0 radical (unpaired) electrons. The first-order chi connectivity index (χ1) is 7.81. The molecule has 84 valence electrons. The maximum absolute atomic E-state index is 5.03. The van der Waals surface area contributed by atoms with Gasteiger partial charge in [0.1, 0.15) is 0 Å². The second kappa shape index (κ2) is 5.03. The minimum Gasteiger partial charge on any atom is -0.210 e. The Kier molecular flexibility index (Phi) is 3.46.